The molecule has 0 amide bonds. The summed E-state index contributed by atoms with van der Waals surface area (Å²) < 4.78 is 0. The molecule has 0 bridgehead atoms. The first kappa shape index (κ1) is 15.0. The first-order valence-corrected chi connectivity index (χ1v) is 7.66. The Kier molecular flexibility index (Phi) is 4.42. The zero-order valence-corrected chi connectivity index (χ0v) is 13.0. The highest BCUT2D eigenvalue weighted by Crippen LogP contribution is 2.45. The van der Waals surface area contributed by atoms with Gasteiger partial charge in [0.1, 0.15) is 11.5 Å². The summed E-state index contributed by atoms with van der Waals surface area (Å²) in [5, 5.41) is 20.1. The van der Waals surface area contributed by atoms with Gasteiger partial charge in [0.2, 0.25) is 0 Å². The van der Waals surface area contributed by atoms with E-state index >= 15 is 0 Å². The van der Waals surface area contributed by atoms with Gasteiger partial charge in [-0.1, -0.05) is 32.4 Å². The molecule has 20 heavy (non-hydrogen) atoms. The molecule has 0 aromatic heterocycles. The molecule has 2 unspecified atom stereocenters. The van der Waals surface area contributed by atoms with E-state index in [1.54, 1.807) is 6.07 Å². The van der Waals surface area contributed by atoms with Crippen molar-refractivity contribution < 1.29 is 10.2 Å². The molecule has 2 N–H and O–H groups in total. The third-order valence-electron chi connectivity index (χ3n) is 4.60. The zero-order chi connectivity index (χ0) is 14.9. The van der Waals surface area contributed by atoms with Gasteiger partial charge in [0.15, 0.2) is 0 Å². The fourth-order valence-corrected chi connectivity index (χ4v) is 3.49. The summed E-state index contributed by atoms with van der Waals surface area (Å²) in [6, 6.07) is 3.27. The van der Waals surface area contributed by atoms with Crippen LogP contribution in [0.5, 0.6) is 11.5 Å². The standard InChI is InChI=1S/C18H26O2/c1-5-13-9-14(19)10-17(20)18(13)16-8-12(4)6-7-15(16)11(2)3/h8-11,15-16,19-20H,5-7H2,1-4H3. The van der Waals surface area contributed by atoms with E-state index in [-0.39, 0.29) is 17.4 Å². The summed E-state index contributed by atoms with van der Waals surface area (Å²) >= 11 is 0. The molecule has 0 fully saturated rings. The molecule has 1 aliphatic rings. The van der Waals surface area contributed by atoms with Crippen LogP contribution in [0.3, 0.4) is 0 Å². The van der Waals surface area contributed by atoms with Crippen molar-refractivity contribution in [3.8, 4) is 11.5 Å². The van der Waals surface area contributed by atoms with Gasteiger partial charge in [0.25, 0.3) is 0 Å². The van der Waals surface area contributed by atoms with E-state index in [1.165, 1.54) is 18.1 Å². The number of hydrogen-bond donors (Lipinski definition) is 2. The Bertz CT molecular complexity index is 514. The third kappa shape index (κ3) is 2.84. The fraction of sp³-hybridized carbons (Fsp3) is 0.556. The Balaban J connectivity index is 2.54. The lowest BCUT2D eigenvalue weighted by Gasteiger charge is -2.34. The quantitative estimate of drug-likeness (QED) is 0.780. The molecule has 1 aliphatic carbocycles. The van der Waals surface area contributed by atoms with Gasteiger partial charge in [0.05, 0.1) is 0 Å². The van der Waals surface area contributed by atoms with Crippen LogP contribution in [0.15, 0.2) is 23.8 Å². The number of aromatic hydroxyl groups is 2. The van der Waals surface area contributed by atoms with Gasteiger partial charge in [-0.05, 0) is 49.7 Å². The van der Waals surface area contributed by atoms with Crippen molar-refractivity contribution in [3.63, 3.8) is 0 Å². The Hall–Kier alpha value is -1.44. The Morgan fingerprint density at radius 2 is 1.95 bits per heavy atom. The minimum Gasteiger partial charge on any atom is -0.508 e. The minimum absolute atomic E-state index is 0.153. The molecule has 0 radical (unpaired) electrons. The molecule has 2 heteroatoms. The second-order valence-corrected chi connectivity index (χ2v) is 6.38. The smallest absolute Gasteiger partial charge is 0.123 e. The summed E-state index contributed by atoms with van der Waals surface area (Å²) in [5.74, 6) is 1.80. The maximum Gasteiger partial charge on any atom is 0.123 e. The highest BCUT2D eigenvalue weighted by atomic mass is 16.3. The second kappa shape index (κ2) is 5.90. The second-order valence-electron chi connectivity index (χ2n) is 6.38. The van der Waals surface area contributed by atoms with Crippen molar-refractivity contribution in [3.05, 3.63) is 34.9 Å². The summed E-state index contributed by atoms with van der Waals surface area (Å²) in [6.07, 6.45) is 5.47. The number of rotatable bonds is 3. The molecular weight excluding hydrogens is 248 g/mol. The zero-order valence-electron chi connectivity index (χ0n) is 13.0. The number of phenolic OH excluding ortho intramolecular Hbond substituents is 2. The van der Waals surface area contributed by atoms with Gasteiger partial charge in [-0.15, -0.1) is 0 Å². The number of phenols is 2. The first-order chi connectivity index (χ1) is 9.43. The molecule has 0 saturated heterocycles. The van der Waals surface area contributed by atoms with E-state index in [4.69, 9.17) is 0 Å². The predicted octanol–water partition coefficient (Wildman–Crippen LogP) is 4.76. The van der Waals surface area contributed by atoms with Crippen molar-refractivity contribution in [1.29, 1.82) is 0 Å². The molecule has 0 heterocycles. The number of benzene rings is 1. The molecule has 0 aliphatic heterocycles. The summed E-state index contributed by atoms with van der Waals surface area (Å²) in [7, 11) is 0. The predicted molar refractivity (Wildman–Crippen MR) is 83.2 cm³/mol. The van der Waals surface area contributed by atoms with E-state index in [2.05, 4.69) is 33.8 Å². The van der Waals surface area contributed by atoms with Crippen molar-refractivity contribution in [2.75, 3.05) is 0 Å². The number of allylic oxidation sites excluding steroid dienone is 2. The maximum absolute atomic E-state index is 10.4. The highest BCUT2D eigenvalue weighted by Gasteiger charge is 2.30. The van der Waals surface area contributed by atoms with E-state index in [9.17, 15) is 10.2 Å². The van der Waals surface area contributed by atoms with Crippen molar-refractivity contribution in [1.82, 2.24) is 0 Å². The Morgan fingerprint density at radius 1 is 1.25 bits per heavy atom. The van der Waals surface area contributed by atoms with Gasteiger partial charge in [-0.3, -0.25) is 0 Å². The lowest BCUT2D eigenvalue weighted by atomic mass is 9.71. The lowest BCUT2D eigenvalue weighted by molar-refractivity contribution is 0.308. The topological polar surface area (TPSA) is 40.5 Å². The Morgan fingerprint density at radius 3 is 2.55 bits per heavy atom. The molecule has 110 valence electrons. The maximum atomic E-state index is 10.4. The van der Waals surface area contributed by atoms with Crippen molar-refractivity contribution >= 4 is 0 Å². The average molecular weight is 274 g/mol. The fourth-order valence-electron chi connectivity index (χ4n) is 3.49. The van der Waals surface area contributed by atoms with Gasteiger partial charge >= 0.3 is 0 Å². The summed E-state index contributed by atoms with van der Waals surface area (Å²) in [4.78, 5) is 0. The van der Waals surface area contributed by atoms with Crippen LogP contribution in [-0.4, -0.2) is 10.2 Å². The van der Waals surface area contributed by atoms with Crippen LogP contribution in [0.4, 0.5) is 0 Å². The minimum atomic E-state index is 0.153. The summed E-state index contributed by atoms with van der Waals surface area (Å²) in [6.45, 7) is 8.76. The van der Waals surface area contributed by atoms with Gasteiger partial charge in [-0.2, -0.15) is 0 Å². The first-order valence-electron chi connectivity index (χ1n) is 7.66. The van der Waals surface area contributed by atoms with Crippen LogP contribution in [0, 0.1) is 11.8 Å². The van der Waals surface area contributed by atoms with Crippen LogP contribution in [0.1, 0.15) is 57.6 Å². The third-order valence-corrected chi connectivity index (χ3v) is 4.60. The molecule has 0 saturated carbocycles. The summed E-state index contributed by atoms with van der Waals surface area (Å²) in [5.41, 5.74) is 3.48. The van der Waals surface area contributed by atoms with E-state index in [1.807, 2.05) is 0 Å². The molecule has 1 aromatic rings. The van der Waals surface area contributed by atoms with Crippen LogP contribution in [-0.2, 0) is 6.42 Å². The van der Waals surface area contributed by atoms with Crippen LogP contribution >= 0.6 is 0 Å². The molecule has 1 aromatic carbocycles. The van der Waals surface area contributed by atoms with Gasteiger partial charge in [0, 0.05) is 17.5 Å². The lowest BCUT2D eigenvalue weighted by Crippen LogP contribution is -2.22. The SMILES string of the molecule is CCc1cc(O)cc(O)c1C1C=C(C)CCC1C(C)C. The van der Waals surface area contributed by atoms with Gasteiger partial charge < -0.3 is 10.2 Å². The van der Waals surface area contributed by atoms with E-state index in [0.717, 1.165) is 24.0 Å². The average Bonchev–Trinajstić information content (AvgIpc) is 2.37. The van der Waals surface area contributed by atoms with Crippen LogP contribution in [0.2, 0.25) is 0 Å². The largest absolute Gasteiger partial charge is 0.508 e. The van der Waals surface area contributed by atoms with E-state index in [0.29, 0.717) is 11.8 Å². The normalized spacial score (nSPS) is 22.9. The monoisotopic (exact) mass is 274 g/mol. The number of hydrogen-bond acceptors (Lipinski definition) is 2. The van der Waals surface area contributed by atoms with Gasteiger partial charge in [-0.25, -0.2) is 0 Å². The molecule has 2 atom stereocenters. The molecular formula is C18H26O2. The molecule has 2 rings (SSSR count). The highest BCUT2D eigenvalue weighted by molar-refractivity contribution is 5.49. The van der Waals surface area contributed by atoms with Crippen molar-refractivity contribution in [2.24, 2.45) is 11.8 Å². The Labute approximate surface area is 122 Å². The van der Waals surface area contributed by atoms with Crippen LogP contribution in [0.25, 0.3) is 0 Å². The molecule has 0 spiro atoms. The van der Waals surface area contributed by atoms with Crippen LogP contribution < -0.4 is 0 Å². The number of aryl methyl sites for hydroxylation is 1. The molecule has 2 nitrogen and oxygen atoms in total. The van der Waals surface area contributed by atoms with Crippen molar-refractivity contribution in [2.45, 2.75) is 52.9 Å². The van der Waals surface area contributed by atoms with E-state index < -0.39 is 0 Å².